The number of nitrogens with zero attached hydrogens (tertiary/aromatic N) is 3. The maximum atomic E-state index is 12.1. The van der Waals surface area contributed by atoms with Gasteiger partial charge in [0.1, 0.15) is 5.82 Å². The first-order chi connectivity index (χ1) is 8.26. The molecule has 0 fully saturated rings. The molecule has 0 saturated carbocycles. The van der Waals surface area contributed by atoms with E-state index in [1.807, 2.05) is 0 Å². The van der Waals surface area contributed by atoms with Gasteiger partial charge in [-0.15, -0.1) is 0 Å². The molecule has 0 aromatic carbocycles. The van der Waals surface area contributed by atoms with E-state index >= 15 is 0 Å². The first-order valence-corrected chi connectivity index (χ1v) is 5.98. The largest absolute Gasteiger partial charge is 0.354 e. The molecule has 2 rings (SSSR count). The van der Waals surface area contributed by atoms with Crippen LogP contribution in [0.5, 0.6) is 0 Å². The van der Waals surface area contributed by atoms with Crippen LogP contribution >= 0.6 is 0 Å². The molecule has 0 bridgehead atoms. The third-order valence-electron chi connectivity index (χ3n) is 3.13. The van der Waals surface area contributed by atoms with Gasteiger partial charge >= 0.3 is 5.69 Å². The summed E-state index contributed by atoms with van der Waals surface area (Å²) in [6, 6.07) is 0. The Morgan fingerprint density at radius 1 is 1.29 bits per heavy atom. The normalized spacial score (nSPS) is 15.9. The second-order valence-electron chi connectivity index (χ2n) is 4.24. The van der Waals surface area contributed by atoms with Crippen molar-refractivity contribution in [1.29, 1.82) is 0 Å². The lowest BCUT2D eigenvalue weighted by atomic mass is 10.2. The van der Waals surface area contributed by atoms with E-state index in [1.165, 1.54) is 11.1 Å². The summed E-state index contributed by atoms with van der Waals surface area (Å²) in [5, 5.41) is 4.35. The molecule has 0 unspecified atom stereocenters. The Labute approximate surface area is 100 Å². The summed E-state index contributed by atoms with van der Waals surface area (Å²) in [7, 11) is 3.11. The van der Waals surface area contributed by atoms with Gasteiger partial charge in [-0.3, -0.25) is 4.57 Å². The monoisotopic (exact) mass is 241 g/mol. The summed E-state index contributed by atoms with van der Waals surface area (Å²) in [5.74, 6) is 0.887. The Bertz CT molecular complexity index is 420. The van der Waals surface area contributed by atoms with E-state index in [9.17, 15) is 4.79 Å². The molecule has 0 aliphatic carbocycles. The molecule has 0 amide bonds. The highest BCUT2D eigenvalue weighted by Gasteiger charge is 2.17. The van der Waals surface area contributed by atoms with Gasteiger partial charge in [-0.25, -0.2) is 9.48 Å². The zero-order valence-corrected chi connectivity index (χ0v) is 10.4. The zero-order valence-electron chi connectivity index (χ0n) is 10.4. The fourth-order valence-electron chi connectivity index (χ4n) is 2.13. The zero-order chi connectivity index (χ0) is 12.3. The Balaban J connectivity index is 2.22. The molecule has 0 spiro atoms. The lowest BCUT2D eigenvalue weighted by Gasteiger charge is -2.11. The molecule has 96 valence electrons. The highest BCUT2D eigenvalue weighted by atomic mass is 16.7. The summed E-state index contributed by atoms with van der Waals surface area (Å²) in [6.45, 7) is 1.12. The third kappa shape index (κ3) is 2.58. The highest BCUT2D eigenvalue weighted by molar-refractivity contribution is 4.90. The number of methoxy groups -OCH3 is 2. The first-order valence-electron chi connectivity index (χ1n) is 5.98. The Morgan fingerprint density at radius 3 is 2.76 bits per heavy atom. The van der Waals surface area contributed by atoms with E-state index in [-0.39, 0.29) is 5.69 Å². The number of aromatic nitrogens is 3. The Kier molecular flexibility index (Phi) is 3.96. The minimum absolute atomic E-state index is 0.0546. The molecule has 0 radical (unpaired) electrons. The molecule has 17 heavy (non-hydrogen) atoms. The molecule has 1 aliphatic rings. The van der Waals surface area contributed by atoms with Gasteiger partial charge in [0.05, 0.1) is 6.54 Å². The second-order valence-corrected chi connectivity index (χ2v) is 4.24. The lowest BCUT2D eigenvalue weighted by Crippen LogP contribution is -2.31. The van der Waals surface area contributed by atoms with E-state index in [0.717, 1.165) is 31.6 Å². The topological polar surface area (TPSA) is 58.3 Å². The fourth-order valence-corrected chi connectivity index (χ4v) is 2.13. The number of aryl methyl sites for hydroxylation is 1. The second kappa shape index (κ2) is 5.46. The van der Waals surface area contributed by atoms with E-state index in [0.29, 0.717) is 6.54 Å². The number of ether oxygens (including phenoxy) is 2. The van der Waals surface area contributed by atoms with Crippen LogP contribution in [-0.2, 0) is 29.0 Å². The first kappa shape index (κ1) is 12.3. The number of hydrogen-bond donors (Lipinski definition) is 0. The summed E-state index contributed by atoms with van der Waals surface area (Å²) in [4.78, 5) is 12.1. The van der Waals surface area contributed by atoms with E-state index < -0.39 is 6.29 Å². The molecular weight excluding hydrogens is 222 g/mol. The van der Waals surface area contributed by atoms with E-state index in [2.05, 4.69) is 5.10 Å². The van der Waals surface area contributed by atoms with Crippen molar-refractivity contribution < 1.29 is 9.47 Å². The smallest absolute Gasteiger partial charge is 0.346 e. The molecule has 6 nitrogen and oxygen atoms in total. The minimum Gasteiger partial charge on any atom is -0.354 e. The van der Waals surface area contributed by atoms with Crippen molar-refractivity contribution in [2.24, 2.45) is 0 Å². The van der Waals surface area contributed by atoms with Crippen molar-refractivity contribution >= 4 is 0 Å². The quantitative estimate of drug-likeness (QED) is 0.716. The van der Waals surface area contributed by atoms with Gasteiger partial charge in [0.2, 0.25) is 0 Å². The summed E-state index contributed by atoms with van der Waals surface area (Å²) < 4.78 is 13.4. The van der Waals surface area contributed by atoms with Gasteiger partial charge in [0.25, 0.3) is 0 Å². The van der Waals surface area contributed by atoms with Gasteiger partial charge in [0.15, 0.2) is 6.29 Å². The Hall–Kier alpha value is -1.14. The fraction of sp³-hybridized carbons (Fsp3) is 0.818. The standard InChI is InChI=1S/C11H19N3O3/c1-16-10(17-2)8-14-11(15)13-7-5-3-4-6-9(13)12-14/h10H,3-8H2,1-2H3. The van der Waals surface area contributed by atoms with Crippen molar-refractivity contribution in [1.82, 2.24) is 14.3 Å². The van der Waals surface area contributed by atoms with Crippen LogP contribution in [0, 0.1) is 0 Å². The molecule has 0 saturated heterocycles. The van der Waals surface area contributed by atoms with Crippen molar-refractivity contribution in [3.63, 3.8) is 0 Å². The van der Waals surface area contributed by atoms with Crippen LogP contribution in [0.25, 0.3) is 0 Å². The lowest BCUT2D eigenvalue weighted by molar-refractivity contribution is -0.113. The Morgan fingerprint density at radius 2 is 2.06 bits per heavy atom. The maximum Gasteiger partial charge on any atom is 0.346 e. The molecule has 1 aliphatic heterocycles. The van der Waals surface area contributed by atoms with Crippen molar-refractivity contribution in [2.75, 3.05) is 14.2 Å². The van der Waals surface area contributed by atoms with Crippen molar-refractivity contribution in [3.8, 4) is 0 Å². The van der Waals surface area contributed by atoms with Crippen LogP contribution in [0.3, 0.4) is 0 Å². The maximum absolute atomic E-state index is 12.1. The van der Waals surface area contributed by atoms with Crippen LogP contribution in [-0.4, -0.2) is 34.9 Å². The molecular formula is C11H19N3O3. The van der Waals surface area contributed by atoms with Gasteiger partial charge in [0, 0.05) is 27.2 Å². The molecule has 2 heterocycles. The van der Waals surface area contributed by atoms with E-state index in [1.54, 1.807) is 18.8 Å². The average molecular weight is 241 g/mol. The molecule has 0 atom stereocenters. The van der Waals surface area contributed by atoms with Crippen molar-refractivity contribution in [2.45, 2.75) is 45.1 Å². The molecule has 1 aromatic heterocycles. The summed E-state index contributed by atoms with van der Waals surface area (Å²) >= 11 is 0. The van der Waals surface area contributed by atoms with Gasteiger partial charge < -0.3 is 9.47 Å². The van der Waals surface area contributed by atoms with Gasteiger partial charge in [-0.05, 0) is 12.8 Å². The number of rotatable bonds is 4. The van der Waals surface area contributed by atoms with Crippen LogP contribution in [0.2, 0.25) is 0 Å². The van der Waals surface area contributed by atoms with Gasteiger partial charge in [-0.1, -0.05) is 6.42 Å². The van der Waals surface area contributed by atoms with E-state index in [4.69, 9.17) is 9.47 Å². The van der Waals surface area contributed by atoms with Crippen LogP contribution in [0.15, 0.2) is 4.79 Å². The van der Waals surface area contributed by atoms with Crippen LogP contribution < -0.4 is 5.69 Å². The summed E-state index contributed by atoms with van der Waals surface area (Å²) in [6.07, 6.45) is 3.78. The number of hydrogen-bond acceptors (Lipinski definition) is 4. The molecule has 1 aromatic rings. The van der Waals surface area contributed by atoms with Crippen molar-refractivity contribution in [3.05, 3.63) is 16.3 Å². The predicted molar refractivity (Wildman–Crippen MR) is 61.8 cm³/mol. The molecule has 6 heteroatoms. The van der Waals surface area contributed by atoms with Gasteiger partial charge in [-0.2, -0.15) is 5.10 Å². The summed E-state index contributed by atoms with van der Waals surface area (Å²) in [5.41, 5.74) is -0.0546. The van der Waals surface area contributed by atoms with Crippen LogP contribution in [0.4, 0.5) is 0 Å². The predicted octanol–water partition coefficient (Wildman–Crippen LogP) is 0.390. The SMILES string of the molecule is COC(Cn1nc2n(c1=O)CCCCC2)OC. The average Bonchev–Trinajstić information content (AvgIpc) is 2.55. The van der Waals surface area contributed by atoms with Crippen LogP contribution in [0.1, 0.15) is 25.1 Å². The highest BCUT2D eigenvalue weighted by Crippen LogP contribution is 2.10. The number of fused-ring (bicyclic) bond motifs is 1. The molecule has 0 N–H and O–H groups in total. The minimum atomic E-state index is -0.424. The third-order valence-corrected chi connectivity index (χ3v) is 3.13.